The monoisotopic (exact) mass is 225 g/mol. The second kappa shape index (κ2) is 11.6. The lowest BCUT2D eigenvalue weighted by Gasteiger charge is -1.91. The van der Waals surface area contributed by atoms with Gasteiger partial charge in [-0.25, -0.2) is 9.97 Å². The largest absolute Gasteiger partial charge is 0.399 e. The first kappa shape index (κ1) is 17.0. The zero-order valence-corrected chi connectivity index (χ0v) is 11.4. The Morgan fingerprint density at radius 2 is 1.81 bits per heavy atom. The number of hydrogen-bond donors (Lipinski definition) is 0. The number of aromatic nitrogens is 2. The highest BCUT2D eigenvalue weighted by molar-refractivity contribution is 5.78. The Labute approximate surface area is 98.8 Å². The molecule has 0 fully saturated rings. The predicted octanol–water partition coefficient (Wildman–Crippen LogP) is 3.15. The van der Waals surface area contributed by atoms with Gasteiger partial charge in [-0.2, -0.15) is 0 Å². The topological polar surface area (TPSA) is 47.4 Å². The lowest BCUT2D eigenvalue weighted by molar-refractivity contribution is 0.213. The summed E-state index contributed by atoms with van der Waals surface area (Å²) in [7, 11) is 1.53. The summed E-state index contributed by atoms with van der Waals surface area (Å²) in [6.45, 7) is 11.7. The van der Waals surface area contributed by atoms with Crippen molar-refractivity contribution < 1.29 is 4.84 Å². The lowest BCUT2D eigenvalue weighted by atomic mass is 10.3. The molecule has 1 heterocycles. The second-order valence-electron chi connectivity index (χ2n) is 3.01. The number of oxime groups is 1. The molecule has 0 unspecified atom stereocenters. The van der Waals surface area contributed by atoms with E-state index in [0.717, 1.165) is 17.0 Å². The van der Waals surface area contributed by atoms with Crippen LogP contribution < -0.4 is 0 Å². The second-order valence-corrected chi connectivity index (χ2v) is 3.01. The molecule has 0 N–H and O–H groups in total. The highest BCUT2D eigenvalue weighted by Gasteiger charge is 1.86. The number of aryl methyl sites for hydroxylation is 2. The summed E-state index contributed by atoms with van der Waals surface area (Å²) in [6, 6.07) is 0. The van der Waals surface area contributed by atoms with E-state index < -0.39 is 0 Å². The summed E-state index contributed by atoms with van der Waals surface area (Å²) >= 11 is 0. The number of rotatable bonds is 1. The fraction of sp³-hybridized carbons (Fsp3) is 0.583. The zero-order valence-electron chi connectivity index (χ0n) is 11.4. The Hall–Kier alpha value is -1.45. The molecule has 1 aromatic rings. The molecule has 4 heteroatoms. The minimum atomic E-state index is 0.942. The van der Waals surface area contributed by atoms with Crippen LogP contribution in [0.5, 0.6) is 0 Å². The molecular weight excluding hydrogens is 202 g/mol. The SMILES string of the molecule is CC.CON=C(C)C.Cc1cncnc1C. The van der Waals surface area contributed by atoms with E-state index in [1.54, 1.807) is 6.33 Å². The molecule has 0 aliphatic rings. The van der Waals surface area contributed by atoms with Gasteiger partial charge in [0.1, 0.15) is 13.4 Å². The predicted molar refractivity (Wildman–Crippen MR) is 68.6 cm³/mol. The minimum Gasteiger partial charge on any atom is -0.399 e. The first-order valence-corrected chi connectivity index (χ1v) is 5.35. The van der Waals surface area contributed by atoms with Gasteiger partial charge in [-0.1, -0.05) is 19.0 Å². The molecule has 92 valence electrons. The van der Waals surface area contributed by atoms with Crippen molar-refractivity contribution >= 4 is 5.71 Å². The van der Waals surface area contributed by atoms with Gasteiger partial charge >= 0.3 is 0 Å². The van der Waals surface area contributed by atoms with E-state index in [2.05, 4.69) is 20.0 Å². The van der Waals surface area contributed by atoms with Crippen molar-refractivity contribution in [3.8, 4) is 0 Å². The first-order chi connectivity index (χ1) is 7.57. The average molecular weight is 225 g/mol. The van der Waals surface area contributed by atoms with E-state index in [1.165, 1.54) is 7.11 Å². The summed E-state index contributed by atoms with van der Waals surface area (Å²) < 4.78 is 0. The van der Waals surface area contributed by atoms with Gasteiger partial charge in [0.15, 0.2) is 0 Å². The van der Waals surface area contributed by atoms with Crippen LogP contribution in [0, 0.1) is 13.8 Å². The van der Waals surface area contributed by atoms with E-state index in [0.29, 0.717) is 0 Å². The lowest BCUT2D eigenvalue weighted by Crippen LogP contribution is -1.85. The van der Waals surface area contributed by atoms with Crippen molar-refractivity contribution in [3.05, 3.63) is 23.8 Å². The molecule has 4 nitrogen and oxygen atoms in total. The van der Waals surface area contributed by atoms with E-state index >= 15 is 0 Å². The maximum atomic E-state index is 4.39. The maximum absolute atomic E-state index is 4.39. The molecule has 0 aliphatic carbocycles. The highest BCUT2D eigenvalue weighted by Crippen LogP contribution is 1.95. The van der Waals surface area contributed by atoms with Gasteiger partial charge in [0, 0.05) is 11.9 Å². The van der Waals surface area contributed by atoms with Crippen molar-refractivity contribution in [3.63, 3.8) is 0 Å². The van der Waals surface area contributed by atoms with Crippen LogP contribution in [-0.2, 0) is 4.84 Å². The van der Waals surface area contributed by atoms with Gasteiger partial charge in [0.05, 0.1) is 5.71 Å². The molecule has 0 atom stereocenters. The molecule has 16 heavy (non-hydrogen) atoms. The van der Waals surface area contributed by atoms with E-state index in [-0.39, 0.29) is 0 Å². The van der Waals surface area contributed by atoms with Crippen molar-refractivity contribution in [1.82, 2.24) is 9.97 Å². The summed E-state index contributed by atoms with van der Waals surface area (Å²) in [6.07, 6.45) is 3.37. The number of nitrogens with zero attached hydrogens (tertiary/aromatic N) is 3. The molecule has 0 spiro atoms. The fourth-order valence-electron chi connectivity index (χ4n) is 0.643. The first-order valence-electron chi connectivity index (χ1n) is 5.35. The molecule has 0 aromatic carbocycles. The molecular formula is C12H23N3O. The Morgan fingerprint density at radius 1 is 1.25 bits per heavy atom. The van der Waals surface area contributed by atoms with Crippen LogP contribution in [-0.4, -0.2) is 22.8 Å². The van der Waals surface area contributed by atoms with Crippen LogP contribution in [0.15, 0.2) is 17.7 Å². The maximum Gasteiger partial charge on any atom is 0.115 e. The molecule has 1 rings (SSSR count). The standard InChI is InChI=1S/C6H8N2.C4H9NO.C2H6/c1-5-3-7-4-8-6(5)2;1-4(2)5-6-3;1-2/h3-4H,1-2H3;1-3H3;1-2H3. The summed E-state index contributed by atoms with van der Waals surface area (Å²) in [4.78, 5) is 12.2. The van der Waals surface area contributed by atoms with Gasteiger partial charge in [-0.05, 0) is 33.3 Å². The van der Waals surface area contributed by atoms with Crippen LogP contribution >= 0.6 is 0 Å². The van der Waals surface area contributed by atoms with E-state index in [4.69, 9.17) is 0 Å². The third-order valence-electron chi connectivity index (χ3n) is 1.43. The molecule has 0 saturated carbocycles. The van der Waals surface area contributed by atoms with Crippen molar-refractivity contribution in [2.75, 3.05) is 7.11 Å². The Bertz CT molecular complexity index is 273. The zero-order chi connectivity index (χ0) is 13.0. The van der Waals surface area contributed by atoms with Crippen molar-refractivity contribution in [2.24, 2.45) is 5.16 Å². The smallest absolute Gasteiger partial charge is 0.115 e. The van der Waals surface area contributed by atoms with Crippen LogP contribution in [0.3, 0.4) is 0 Å². The fourth-order valence-corrected chi connectivity index (χ4v) is 0.643. The van der Waals surface area contributed by atoms with Crippen molar-refractivity contribution in [1.29, 1.82) is 0 Å². The summed E-state index contributed by atoms with van der Waals surface area (Å²) in [5.74, 6) is 0. The molecule has 1 aromatic heterocycles. The van der Waals surface area contributed by atoms with Gasteiger partial charge in [0.2, 0.25) is 0 Å². The van der Waals surface area contributed by atoms with Gasteiger partial charge < -0.3 is 4.84 Å². The van der Waals surface area contributed by atoms with Crippen LogP contribution in [0.2, 0.25) is 0 Å². The van der Waals surface area contributed by atoms with Crippen LogP contribution in [0.1, 0.15) is 39.0 Å². The van der Waals surface area contributed by atoms with Gasteiger partial charge in [-0.3, -0.25) is 0 Å². The van der Waals surface area contributed by atoms with Crippen LogP contribution in [0.4, 0.5) is 0 Å². The van der Waals surface area contributed by atoms with Gasteiger partial charge in [-0.15, -0.1) is 0 Å². The summed E-state index contributed by atoms with van der Waals surface area (Å²) in [5, 5.41) is 3.54. The molecule has 0 saturated heterocycles. The average Bonchev–Trinajstić information content (AvgIpc) is 2.26. The van der Waals surface area contributed by atoms with E-state index in [1.807, 2.05) is 47.7 Å². The quantitative estimate of drug-likeness (QED) is 0.545. The van der Waals surface area contributed by atoms with E-state index in [9.17, 15) is 0 Å². The third-order valence-corrected chi connectivity index (χ3v) is 1.43. The molecule has 0 radical (unpaired) electrons. The van der Waals surface area contributed by atoms with Crippen LogP contribution in [0.25, 0.3) is 0 Å². The van der Waals surface area contributed by atoms with Crippen molar-refractivity contribution in [2.45, 2.75) is 41.5 Å². The molecule has 0 bridgehead atoms. The van der Waals surface area contributed by atoms with Gasteiger partial charge in [0.25, 0.3) is 0 Å². The Kier molecular flexibility index (Phi) is 12.3. The molecule has 0 aliphatic heterocycles. The summed E-state index contributed by atoms with van der Waals surface area (Å²) in [5.41, 5.74) is 3.14. The highest BCUT2D eigenvalue weighted by atomic mass is 16.6. The minimum absolute atomic E-state index is 0.942. The Morgan fingerprint density at radius 3 is 2.00 bits per heavy atom. The molecule has 0 amide bonds. The normalized spacial score (nSPS) is 7.69. The number of hydrogen-bond acceptors (Lipinski definition) is 4. The Balaban J connectivity index is 0. The third kappa shape index (κ3) is 10.6.